The number of rotatable bonds is 6. The van der Waals surface area contributed by atoms with Crippen LogP contribution in [-0.2, 0) is 4.79 Å². The van der Waals surface area contributed by atoms with Crippen molar-refractivity contribution in [3.8, 4) is 5.69 Å². The van der Waals surface area contributed by atoms with Crippen LogP contribution in [0.2, 0.25) is 0 Å². The molecule has 1 saturated heterocycles. The van der Waals surface area contributed by atoms with Crippen molar-refractivity contribution in [2.45, 2.75) is 26.8 Å². The summed E-state index contributed by atoms with van der Waals surface area (Å²) in [6.07, 6.45) is 3.48. The number of benzene rings is 1. The molecule has 1 unspecified atom stereocenters. The van der Waals surface area contributed by atoms with Gasteiger partial charge < -0.3 is 10.2 Å². The molecule has 1 amide bonds. The van der Waals surface area contributed by atoms with Gasteiger partial charge in [0.15, 0.2) is 0 Å². The number of nitrogens with zero attached hydrogens (tertiary/aromatic N) is 4. The molecule has 0 aliphatic carbocycles. The minimum Gasteiger partial charge on any atom is -0.351 e. The second kappa shape index (κ2) is 9.17. The number of aromatic nitrogens is 2. The van der Waals surface area contributed by atoms with E-state index < -0.39 is 0 Å². The van der Waals surface area contributed by atoms with E-state index in [4.69, 9.17) is 0 Å². The Bertz CT molecular complexity index is 819. The summed E-state index contributed by atoms with van der Waals surface area (Å²) in [5.74, 6) is -0.0627. The molecule has 1 aromatic heterocycles. The molecule has 2 heterocycles. The van der Waals surface area contributed by atoms with Crippen molar-refractivity contribution in [3.05, 3.63) is 53.4 Å². The van der Waals surface area contributed by atoms with Gasteiger partial charge in [-0.1, -0.05) is 18.2 Å². The molecule has 1 N–H and O–H groups in total. The largest absolute Gasteiger partial charge is 0.351 e. The molecule has 0 saturated carbocycles. The van der Waals surface area contributed by atoms with Crippen LogP contribution in [0.5, 0.6) is 0 Å². The van der Waals surface area contributed by atoms with Gasteiger partial charge in [0.1, 0.15) is 0 Å². The normalized spacial score (nSPS) is 17.1. The van der Waals surface area contributed by atoms with E-state index >= 15 is 0 Å². The number of amides is 1. The highest BCUT2D eigenvalue weighted by Crippen LogP contribution is 2.19. The Morgan fingerprint density at radius 2 is 1.86 bits per heavy atom. The van der Waals surface area contributed by atoms with Gasteiger partial charge in [0.25, 0.3) is 0 Å². The monoisotopic (exact) mass is 381 g/mol. The van der Waals surface area contributed by atoms with Crippen LogP contribution in [-0.4, -0.2) is 71.3 Å². The lowest BCUT2D eigenvalue weighted by Gasteiger charge is -2.36. The van der Waals surface area contributed by atoms with Gasteiger partial charge in [0.2, 0.25) is 5.91 Å². The van der Waals surface area contributed by atoms with Crippen LogP contribution < -0.4 is 5.32 Å². The Morgan fingerprint density at radius 1 is 1.18 bits per heavy atom. The molecule has 6 heteroatoms. The van der Waals surface area contributed by atoms with E-state index in [9.17, 15) is 4.79 Å². The first-order valence-electron chi connectivity index (χ1n) is 9.96. The minimum atomic E-state index is -0.0627. The van der Waals surface area contributed by atoms with Crippen LogP contribution >= 0.6 is 0 Å². The summed E-state index contributed by atoms with van der Waals surface area (Å²) in [4.78, 5) is 17.1. The van der Waals surface area contributed by atoms with Crippen LogP contribution in [0.1, 0.15) is 23.9 Å². The van der Waals surface area contributed by atoms with E-state index in [1.54, 1.807) is 6.08 Å². The Kier molecular flexibility index (Phi) is 6.65. The van der Waals surface area contributed by atoms with Gasteiger partial charge in [-0.3, -0.25) is 9.69 Å². The van der Waals surface area contributed by atoms with Gasteiger partial charge in [0, 0.05) is 56.1 Å². The lowest BCUT2D eigenvalue weighted by molar-refractivity contribution is -0.116. The quantitative estimate of drug-likeness (QED) is 0.780. The first-order valence-corrected chi connectivity index (χ1v) is 9.96. The van der Waals surface area contributed by atoms with E-state index in [-0.39, 0.29) is 5.91 Å². The summed E-state index contributed by atoms with van der Waals surface area (Å²) >= 11 is 0. The number of piperazine rings is 1. The topological polar surface area (TPSA) is 53.4 Å². The van der Waals surface area contributed by atoms with E-state index in [1.807, 2.05) is 54.9 Å². The molecule has 0 radical (unpaired) electrons. The number of nitrogens with one attached hydrogen (secondary N) is 1. The van der Waals surface area contributed by atoms with E-state index in [0.29, 0.717) is 12.6 Å². The Labute approximate surface area is 167 Å². The van der Waals surface area contributed by atoms with Gasteiger partial charge in [-0.15, -0.1) is 0 Å². The van der Waals surface area contributed by atoms with Crippen LogP contribution in [0.25, 0.3) is 11.8 Å². The third kappa shape index (κ3) is 4.88. The van der Waals surface area contributed by atoms with Gasteiger partial charge in [-0.2, -0.15) is 5.10 Å². The van der Waals surface area contributed by atoms with Crippen molar-refractivity contribution >= 4 is 12.0 Å². The molecule has 3 rings (SSSR count). The van der Waals surface area contributed by atoms with E-state index in [1.165, 1.54) is 0 Å². The predicted molar refractivity (Wildman–Crippen MR) is 114 cm³/mol. The number of aryl methyl sites for hydroxylation is 1. The molecule has 1 aliphatic heterocycles. The number of carbonyl (C=O) groups excluding carboxylic acids is 1. The fraction of sp³-hybridized carbons (Fsp3) is 0.455. The first kappa shape index (κ1) is 20.3. The van der Waals surface area contributed by atoms with Gasteiger partial charge >= 0.3 is 0 Å². The van der Waals surface area contributed by atoms with Crippen LogP contribution in [0.3, 0.4) is 0 Å². The number of hydrogen-bond acceptors (Lipinski definition) is 4. The Hall–Kier alpha value is -2.44. The molecule has 2 aromatic rings. The zero-order valence-corrected chi connectivity index (χ0v) is 17.4. The highest BCUT2D eigenvalue weighted by Gasteiger charge is 2.19. The second-order valence-corrected chi connectivity index (χ2v) is 7.60. The van der Waals surface area contributed by atoms with Crippen molar-refractivity contribution < 1.29 is 4.79 Å². The maximum absolute atomic E-state index is 12.3. The van der Waals surface area contributed by atoms with Crippen LogP contribution in [0, 0.1) is 13.8 Å². The van der Waals surface area contributed by atoms with Crippen molar-refractivity contribution in [2.75, 3.05) is 39.8 Å². The predicted octanol–water partition coefficient (Wildman–Crippen LogP) is 2.25. The molecule has 6 nitrogen and oxygen atoms in total. The summed E-state index contributed by atoms with van der Waals surface area (Å²) in [6, 6.07) is 10.4. The maximum atomic E-state index is 12.3. The van der Waals surface area contributed by atoms with Crippen molar-refractivity contribution in [3.63, 3.8) is 0 Å². The number of carbonyl (C=O) groups is 1. The first-order chi connectivity index (χ1) is 13.5. The molecule has 0 spiro atoms. The molecular formula is C22H31N5O. The Balaban J connectivity index is 1.58. The molecule has 28 heavy (non-hydrogen) atoms. The fourth-order valence-electron chi connectivity index (χ4n) is 3.57. The smallest absolute Gasteiger partial charge is 0.244 e. The third-order valence-electron chi connectivity index (χ3n) is 5.48. The number of likely N-dealkylation sites (N-methyl/N-ethyl adjacent to an activating group) is 1. The third-order valence-corrected chi connectivity index (χ3v) is 5.48. The van der Waals surface area contributed by atoms with Gasteiger partial charge in [-0.25, -0.2) is 4.68 Å². The van der Waals surface area contributed by atoms with Crippen molar-refractivity contribution in [1.82, 2.24) is 24.9 Å². The van der Waals surface area contributed by atoms with E-state index in [2.05, 4.69) is 34.2 Å². The summed E-state index contributed by atoms with van der Waals surface area (Å²) in [5.41, 5.74) is 3.95. The Morgan fingerprint density at radius 3 is 2.54 bits per heavy atom. The molecule has 1 aliphatic rings. The lowest BCUT2D eigenvalue weighted by Crippen LogP contribution is -2.51. The number of hydrogen-bond donors (Lipinski definition) is 1. The average Bonchev–Trinajstić information content (AvgIpc) is 2.99. The molecule has 0 bridgehead atoms. The molecule has 150 valence electrons. The average molecular weight is 382 g/mol. The highest BCUT2D eigenvalue weighted by atomic mass is 16.1. The summed E-state index contributed by atoms with van der Waals surface area (Å²) in [5, 5.41) is 7.65. The van der Waals surface area contributed by atoms with Crippen LogP contribution in [0.4, 0.5) is 0 Å². The molecular weight excluding hydrogens is 350 g/mol. The molecule has 1 atom stereocenters. The zero-order chi connectivity index (χ0) is 20.1. The maximum Gasteiger partial charge on any atom is 0.244 e. The minimum absolute atomic E-state index is 0.0627. The lowest BCUT2D eigenvalue weighted by atomic mass is 10.1. The fourth-order valence-corrected chi connectivity index (χ4v) is 3.57. The number of para-hydroxylation sites is 1. The molecule has 1 fully saturated rings. The van der Waals surface area contributed by atoms with Gasteiger partial charge in [-0.05, 0) is 46.0 Å². The summed E-state index contributed by atoms with van der Waals surface area (Å²) in [6.45, 7) is 11.1. The highest BCUT2D eigenvalue weighted by molar-refractivity contribution is 5.92. The SMILES string of the molecule is Cc1nn(-c2ccccc2)c(C)c1/C=C/C(=O)NCC(C)N1CCN(C)CC1. The molecule has 1 aromatic carbocycles. The second-order valence-electron chi connectivity index (χ2n) is 7.60. The van der Waals surface area contributed by atoms with Crippen molar-refractivity contribution in [1.29, 1.82) is 0 Å². The zero-order valence-electron chi connectivity index (χ0n) is 17.4. The van der Waals surface area contributed by atoms with Gasteiger partial charge in [0.05, 0.1) is 11.4 Å². The van der Waals surface area contributed by atoms with E-state index in [0.717, 1.165) is 48.8 Å². The standard InChI is InChI=1S/C22H31N5O/c1-17(26-14-12-25(4)13-15-26)16-23-22(28)11-10-21-18(2)24-27(19(21)3)20-8-6-5-7-9-20/h5-11,17H,12-16H2,1-4H3,(H,23,28)/b11-10+. The summed E-state index contributed by atoms with van der Waals surface area (Å²) < 4.78 is 1.92. The van der Waals surface area contributed by atoms with Crippen molar-refractivity contribution in [2.24, 2.45) is 0 Å². The summed E-state index contributed by atoms with van der Waals surface area (Å²) in [7, 11) is 2.15. The van der Waals surface area contributed by atoms with Crippen LogP contribution in [0.15, 0.2) is 36.4 Å².